The van der Waals surface area contributed by atoms with E-state index >= 15 is 0 Å². The van der Waals surface area contributed by atoms with Gasteiger partial charge in [0.2, 0.25) is 12.3 Å². The van der Waals surface area contributed by atoms with Gasteiger partial charge in [-0.1, -0.05) is 12.1 Å². The number of benzene rings is 1. The van der Waals surface area contributed by atoms with Crippen LogP contribution in [0.15, 0.2) is 42.7 Å². The van der Waals surface area contributed by atoms with Crippen LogP contribution in [-0.2, 0) is 32.5 Å². The van der Waals surface area contributed by atoms with Crippen molar-refractivity contribution in [1.29, 1.82) is 0 Å². The zero-order chi connectivity index (χ0) is 28.0. The number of nitrogens with zero attached hydrogens (tertiary/aromatic N) is 5. The number of carbonyl (C=O) groups is 2. The summed E-state index contributed by atoms with van der Waals surface area (Å²) in [6.45, 7) is 3.60. The number of halogens is 3. The molecule has 39 heavy (non-hydrogen) atoms. The van der Waals surface area contributed by atoms with Crippen molar-refractivity contribution in [1.82, 2.24) is 28.6 Å². The van der Waals surface area contributed by atoms with Crippen molar-refractivity contribution in [3.63, 3.8) is 0 Å². The topological polar surface area (TPSA) is 108 Å². The van der Waals surface area contributed by atoms with E-state index in [0.717, 1.165) is 50.9 Å². The van der Waals surface area contributed by atoms with E-state index < -0.39 is 21.9 Å². The van der Waals surface area contributed by atoms with Crippen LogP contribution in [0.2, 0.25) is 0 Å². The first kappa shape index (κ1) is 29.0. The Hall–Kier alpha value is -2.97. The van der Waals surface area contributed by atoms with Crippen LogP contribution < -0.4 is 5.32 Å². The van der Waals surface area contributed by atoms with Gasteiger partial charge >= 0.3 is 6.18 Å². The molecule has 0 spiro atoms. The number of alkyl halides is 3. The molecule has 216 valence electrons. The van der Waals surface area contributed by atoms with E-state index in [1.54, 1.807) is 6.20 Å². The van der Waals surface area contributed by atoms with Gasteiger partial charge in [-0.2, -0.15) is 35.3 Å². The van der Waals surface area contributed by atoms with E-state index in [4.69, 9.17) is 0 Å². The van der Waals surface area contributed by atoms with Gasteiger partial charge in [0.05, 0.1) is 17.5 Å². The summed E-state index contributed by atoms with van der Waals surface area (Å²) < 4.78 is 66.9. The summed E-state index contributed by atoms with van der Waals surface area (Å²) in [6.07, 6.45) is 3.41. The molecule has 3 aliphatic rings. The van der Waals surface area contributed by atoms with Gasteiger partial charge in [0.15, 0.2) is 0 Å². The molecule has 14 heteroatoms. The molecule has 2 amide bonds. The standard InChI is InChI=1S/C16H25N5O3S.C9H8F3NO.H2/c22-16(18-7-1-2-8-18)14-5-3-9-19(11-14)25(23,24)20-12-15(13-20)21-10-4-6-17-21;10-9(11,12)8-3-1-7(2-4-8)5-13-6-14;/h4,6,10,14-15H,1-3,5,7-9,11-13H2;1-4,6H,5H2,(H,13,14);1H/t14-;;/m0../s1. The molecule has 1 N–H and O–H groups in total. The third-order valence-electron chi connectivity index (χ3n) is 7.20. The Bertz CT molecular complexity index is 1200. The number of rotatable bonds is 7. The highest BCUT2D eigenvalue weighted by atomic mass is 32.2. The van der Waals surface area contributed by atoms with Crippen LogP contribution in [0.4, 0.5) is 13.2 Å². The number of piperidine rings is 1. The van der Waals surface area contributed by atoms with Gasteiger partial charge in [-0.25, -0.2) is 0 Å². The van der Waals surface area contributed by atoms with E-state index in [-0.39, 0.29) is 25.8 Å². The van der Waals surface area contributed by atoms with Crippen molar-refractivity contribution in [3.8, 4) is 0 Å². The summed E-state index contributed by atoms with van der Waals surface area (Å²) >= 11 is 0. The highest BCUT2D eigenvalue weighted by molar-refractivity contribution is 7.86. The first-order chi connectivity index (χ1) is 18.6. The molecule has 0 unspecified atom stereocenters. The predicted molar refractivity (Wildman–Crippen MR) is 138 cm³/mol. The molecule has 5 rings (SSSR count). The van der Waals surface area contributed by atoms with E-state index in [1.165, 1.54) is 20.7 Å². The maximum Gasteiger partial charge on any atom is 0.416 e. The minimum atomic E-state index is -4.31. The van der Waals surface area contributed by atoms with Crippen LogP contribution in [0.5, 0.6) is 0 Å². The summed E-state index contributed by atoms with van der Waals surface area (Å²) in [5.41, 5.74) is -0.0579. The Morgan fingerprint density at radius 2 is 1.74 bits per heavy atom. The monoisotopic (exact) mass is 572 g/mol. The minimum Gasteiger partial charge on any atom is -0.355 e. The molecule has 3 aliphatic heterocycles. The number of aromatic nitrogens is 2. The van der Waals surface area contributed by atoms with Gasteiger partial charge in [0.1, 0.15) is 0 Å². The number of hydrogen-bond donors (Lipinski definition) is 1. The van der Waals surface area contributed by atoms with E-state index in [9.17, 15) is 31.2 Å². The second-order valence-corrected chi connectivity index (χ2v) is 11.8. The van der Waals surface area contributed by atoms with Crippen molar-refractivity contribution in [3.05, 3.63) is 53.9 Å². The number of likely N-dealkylation sites (tertiary alicyclic amines) is 1. The summed E-state index contributed by atoms with van der Waals surface area (Å²) in [5, 5.41) is 6.54. The Morgan fingerprint density at radius 1 is 1.05 bits per heavy atom. The molecular formula is C25H35F3N6O4S. The molecule has 1 atom stereocenters. The van der Waals surface area contributed by atoms with Gasteiger partial charge in [0.25, 0.3) is 10.2 Å². The van der Waals surface area contributed by atoms with Crippen molar-refractivity contribution in [2.75, 3.05) is 39.3 Å². The van der Waals surface area contributed by atoms with E-state index in [0.29, 0.717) is 38.2 Å². The number of amides is 2. The van der Waals surface area contributed by atoms with E-state index in [1.807, 2.05) is 21.8 Å². The quantitative estimate of drug-likeness (QED) is 0.513. The molecule has 1 aromatic carbocycles. The molecule has 0 radical (unpaired) electrons. The van der Waals surface area contributed by atoms with Gasteiger partial charge in [-0.15, -0.1) is 0 Å². The van der Waals surface area contributed by atoms with Crippen LogP contribution in [0.1, 0.15) is 44.3 Å². The lowest BCUT2D eigenvalue weighted by Crippen LogP contribution is -2.57. The van der Waals surface area contributed by atoms with Crippen LogP contribution in [0, 0.1) is 5.92 Å². The molecule has 2 aromatic rings. The lowest BCUT2D eigenvalue weighted by Gasteiger charge is -2.42. The normalized spacial score (nSPS) is 21.1. The first-order valence-electron chi connectivity index (χ1n) is 13.0. The van der Waals surface area contributed by atoms with Gasteiger partial charge < -0.3 is 10.2 Å². The highest BCUT2D eigenvalue weighted by Gasteiger charge is 2.43. The average molecular weight is 573 g/mol. The first-order valence-corrected chi connectivity index (χ1v) is 14.4. The second-order valence-electron chi connectivity index (χ2n) is 9.89. The largest absolute Gasteiger partial charge is 0.416 e. The highest BCUT2D eigenvalue weighted by Crippen LogP contribution is 2.30. The summed E-state index contributed by atoms with van der Waals surface area (Å²) in [7, 11) is -3.48. The summed E-state index contributed by atoms with van der Waals surface area (Å²) in [6, 6.07) is 6.59. The Balaban J connectivity index is 0.000000253. The average Bonchev–Trinajstić information content (AvgIpc) is 3.61. The minimum absolute atomic E-state index is 0. The Kier molecular flexibility index (Phi) is 9.28. The maximum absolute atomic E-state index is 12.9. The molecule has 1 aromatic heterocycles. The number of nitrogens with one attached hydrogen (secondary N) is 1. The van der Waals surface area contributed by atoms with Gasteiger partial charge in [-0.05, 0) is 49.4 Å². The van der Waals surface area contributed by atoms with Gasteiger partial charge in [0, 0.05) is 59.6 Å². The fourth-order valence-corrected chi connectivity index (χ4v) is 6.73. The second kappa shape index (κ2) is 12.5. The lowest BCUT2D eigenvalue weighted by molar-refractivity contribution is -0.137. The Labute approximate surface area is 227 Å². The zero-order valence-electron chi connectivity index (χ0n) is 21.5. The molecule has 3 fully saturated rings. The van der Waals surface area contributed by atoms with Crippen molar-refractivity contribution >= 4 is 22.5 Å². The SMILES string of the molecule is O=C([C@H]1CCCN(S(=O)(=O)N2CC(n3cccn3)C2)C1)N1CCCC1.O=CNCc1ccc(C(F)(F)F)cc1.[HH]. The third kappa shape index (κ3) is 7.17. The van der Waals surface area contributed by atoms with Crippen LogP contribution in [-0.4, -0.2) is 83.3 Å². The molecule has 0 bridgehead atoms. The molecule has 0 aliphatic carbocycles. The summed E-state index contributed by atoms with van der Waals surface area (Å²) in [5.74, 6) is -0.0553. The predicted octanol–water partition coefficient (Wildman–Crippen LogP) is 2.52. The van der Waals surface area contributed by atoms with Crippen molar-refractivity contribution in [2.45, 2.75) is 44.4 Å². The lowest BCUT2D eigenvalue weighted by atomic mass is 9.98. The number of carbonyl (C=O) groups excluding carboxylic acids is 2. The fourth-order valence-electron chi connectivity index (χ4n) is 4.95. The van der Waals surface area contributed by atoms with Gasteiger partial charge in [-0.3, -0.25) is 14.3 Å². The smallest absolute Gasteiger partial charge is 0.355 e. The Morgan fingerprint density at radius 3 is 2.33 bits per heavy atom. The van der Waals surface area contributed by atoms with Crippen LogP contribution in [0.25, 0.3) is 0 Å². The van der Waals surface area contributed by atoms with Crippen LogP contribution >= 0.6 is 0 Å². The summed E-state index contributed by atoms with van der Waals surface area (Å²) in [4.78, 5) is 24.4. The van der Waals surface area contributed by atoms with Crippen LogP contribution in [0.3, 0.4) is 0 Å². The maximum atomic E-state index is 12.9. The zero-order valence-corrected chi connectivity index (χ0v) is 22.3. The van der Waals surface area contributed by atoms with Crippen molar-refractivity contribution in [2.24, 2.45) is 5.92 Å². The number of hydrogen-bond acceptors (Lipinski definition) is 5. The third-order valence-corrected chi connectivity index (χ3v) is 9.14. The fraction of sp³-hybridized carbons (Fsp3) is 0.560. The molecule has 10 nitrogen and oxygen atoms in total. The molecule has 0 saturated carbocycles. The van der Waals surface area contributed by atoms with Crippen molar-refractivity contribution < 1.29 is 32.6 Å². The molecule has 3 saturated heterocycles. The van der Waals surface area contributed by atoms with E-state index in [2.05, 4.69) is 10.4 Å². The molecule has 4 heterocycles. The molecular weight excluding hydrogens is 537 g/mol.